The monoisotopic (exact) mass is 251 g/mol. The Balaban J connectivity index is 1.87. The molecule has 18 heavy (non-hydrogen) atoms. The highest BCUT2D eigenvalue weighted by Crippen LogP contribution is 2.13. The standard InChI is InChI=1S/C12H21N5O/c1-3-16(2)8-6-13-11(18)10-9-17-7-4-5-14-12(17)15-10/h9H,3-8H2,1-2H3,(H,13,18)(H,14,15). The zero-order valence-electron chi connectivity index (χ0n) is 11.1. The Morgan fingerprint density at radius 3 is 3.22 bits per heavy atom. The van der Waals surface area contributed by atoms with Crippen molar-refractivity contribution in [3.63, 3.8) is 0 Å². The smallest absolute Gasteiger partial charge is 0.271 e. The number of amides is 1. The molecular weight excluding hydrogens is 230 g/mol. The first-order valence-corrected chi connectivity index (χ1v) is 6.48. The van der Waals surface area contributed by atoms with E-state index >= 15 is 0 Å². The fraction of sp³-hybridized carbons (Fsp3) is 0.667. The highest BCUT2D eigenvalue weighted by Gasteiger charge is 2.15. The summed E-state index contributed by atoms with van der Waals surface area (Å²) in [6.07, 6.45) is 2.89. The second-order valence-electron chi connectivity index (χ2n) is 4.58. The second-order valence-corrected chi connectivity index (χ2v) is 4.58. The number of likely N-dealkylation sites (N-methyl/N-ethyl adjacent to an activating group) is 1. The molecule has 6 nitrogen and oxygen atoms in total. The number of hydrogen-bond donors (Lipinski definition) is 2. The van der Waals surface area contributed by atoms with Gasteiger partial charge < -0.3 is 20.1 Å². The molecule has 1 aliphatic heterocycles. The van der Waals surface area contributed by atoms with Crippen molar-refractivity contribution in [2.24, 2.45) is 0 Å². The van der Waals surface area contributed by atoms with Crippen LogP contribution in [0.3, 0.4) is 0 Å². The van der Waals surface area contributed by atoms with E-state index in [9.17, 15) is 4.79 Å². The topological polar surface area (TPSA) is 62.2 Å². The molecule has 2 N–H and O–H groups in total. The van der Waals surface area contributed by atoms with Crippen molar-refractivity contribution in [1.82, 2.24) is 19.8 Å². The van der Waals surface area contributed by atoms with Crippen LogP contribution in [0.25, 0.3) is 0 Å². The molecule has 0 bridgehead atoms. The molecule has 0 saturated carbocycles. The largest absolute Gasteiger partial charge is 0.356 e. The summed E-state index contributed by atoms with van der Waals surface area (Å²) < 4.78 is 2.00. The van der Waals surface area contributed by atoms with Crippen LogP contribution in [0.1, 0.15) is 23.8 Å². The lowest BCUT2D eigenvalue weighted by molar-refractivity contribution is 0.0945. The minimum absolute atomic E-state index is 0.0943. The first-order valence-electron chi connectivity index (χ1n) is 6.48. The molecule has 100 valence electrons. The Morgan fingerprint density at radius 1 is 1.67 bits per heavy atom. The summed E-state index contributed by atoms with van der Waals surface area (Å²) >= 11 is 0. The van der Waals surface area contributed by atoms with Gasteiger partial charge in [-0.1, -0.05) is 6.92 Å². The molecule has 1 aliphatic rings. The Kier molecular flexibility index (Phi) is 4.19. The van der Waals surface area contributed by atoms with E-state index in [0.29, 0.717) is 12.2 Å². The van der Waals surface area contributed by atoms with E-state index in [1.807, 2.05) is 17.8 Å². The first kappa shape index (κ1) is 12.9. The summed E-state index contributed by atoms with van der Waals surface area (Å²) in [4.78, 5) is 18.3. The fourth-order valence-electron chi connectivity index (χ4n) is 1.90. The number of hydrogen-bond acceptors (Lipinski definition) is 4. The van der Waals surface area contributed by atoms with Crippen molar-refractivity contribution in [3.8, 4) is 0 Å². The van der Waals surface area contributed by atoms with Gasteiger partial charge in [-0.05, 0) is 20.0 Å². The van der Waals surface area contributed by atoms with Crippen molar-refractivity contribution < 1.29 is 4.79 Å². The number of carbonyl (C=O) groups excluding carboxylic acids is 1. The molecule has 0 aliphatic carbocycles. The van der Waals surface area contributed by atoms with Gasteiger partial charge in [-0.2, -0.15) is 0 Å². The lowest BCUT2D eigenvalue weighted by Crippen LogP contribution is -2.33. The molecule has 0 radical (unpaired) electrons. The van der Waals surface area contributed by atoms with Gasteiger partial charge in [0.2, 0.25) is 5.95 Å². The first-order chi connectivity index (χ1) is 8.70. The molecule has 1 aromatic rings. The molecule has 0 unspecified atom stereocenters. The summed E-state index contributed by atoms with van der Waals surface area (Å²) in [5.41, 5.74) is 0.499. The minimum atomic E-state index is -0.0943. The predicted octanol–water partition coefficient (Wildman–Crippen LogP) is 0.380. The summed E-state index contributed by atoms with van der Waals surface area (Å²) in [5, 5.41) is 6.07. The number of nitrogens with zero attached hydrogens (tertiary/aromatic N) is 3. The van der Waals surface area contributed by atoms with Gasteiger partial charge in [0.05, 0.1) is 0 Å². The molecule has 2 heterocycles. The zero-order chi connectivity index (χ0) is 13.0. The normalized spacial score (nSPS) is 14.2. The van der Waals surface area contributed by atoms with Gasteiger partial charge in [0.25, 0.3) is 5.91 Å². The van der Waals surface area contributed by atoms with E-state index < -0.39 is 0 Å². The number of nitrogens with one attached hydrogen (secondary N) is 2. The Hall–Kier alpha value is -1.56. The summed E-state index contributed by atoms with van der Waals surface area (Å²) in [6, 6.07) is 0. The van der Waals surface area contributed by atoms with Gasteiger partial charge in [0.15, 0.2) is 0 Å². The van der Waals surface area contributed by atoms with Crippen LogP contribution >= 0.6 is 0 Å². The van der Waals surface area contributed by atoms with Crippen LogP contribution < -0.4 is 10.6 Å². The van der Waals surface area contributed by atoms with Crippen molar-refractivity contribution in [1.29, 1.82) is 0 Å². The maximum absolute atomic E-state index is 11.9. The molecule has 1 aromatic heterocycles. The number of rotatable bonds is 5. The lowest BCUT2D eigenvalue weighted by atomic mass is 10.4. The van der Waals surface area contributed by atoms with Crippen LogP contribution in [-0.4, -0.2) is 53.6 Å². The van der Waals surface area contributed by atoms with Gasteiger partial charge in [-0.25, -0.2) is 4.98 Å². The molecule has 2 rings (SSSR count). The Morgan fingerprint density at radius 2 is 2.50 bits per heavy atom. The summed E-state index contributed by atoms with van der Waals surface area (Å²) in [5.74, 6) is 0.709. The highest BCUT2D eigenvalue weighted by atomic mass is 16.1. The number of fused-ring (bicyclic) bond motifs is 1. The number of aromatic nitrogens is 2. The van der Waals surface area contributed by atoms with Gasteiger partial charge in [-0.3, -0.25) is 4.79 Å². The van der Waals surface area contributed by atoms with E-state index in [1.54, 1.807) is 0 Å². The third-order valence-corrected chi connectivity index (χ3v) is 3.19. The molecule has 0 spiro atoms. The van der Waals surface area contributed by atoms with Gasteiger partial charge in [0.1, 0.15) is 5.69 Å². The highest BCUT2D eigenvalue weighted by molar-refractivity contribution is 5.92. The maximum Gasteiger partial charge on any atom is 0.271 e. The van der Waals surface area contributed by atoms with Crippen molar-refractivity contribution >= 4 is 11.9 Å². The van der Waals surface area contributed by atoms with Crippen molar-refractivity contribution in [2.75, 3.05) is 38.5 Å². The Labute approximate surface area is 107 Å². The van der Waals surface area contributed by atoms with Crippen molar-refractivity contribution in [2.45, 2.75) is 19.9 Å². The quantitative estimate of drug-likeness (QED) is 0.794. The van der Waals surface area contributed by atoms with Crippen LogP contribution in [0.4, 0.5) is 5.95 Å². The van der Waals surface area contributed by atoms with E-state index in [0.717, 1.165) is 38.5 Å². The minimum Gasteiger partial charge on any atom is -0.356 e. The van der Waals surface area contributed by atoms with Crippen LogP contribution in [0.5, 0.6) is 0 Å². The molecular formula is C12H21N5O. The van der Waals surface area contributed by atoms with E-state index in [4.69, 9.17) is 0 Å². The van der Waals surface area contributed by atoms with Crippen LogP contribution in [-0.2, 0) is 6.54 Å². The SMILES string of the molecule is CCN(C)CCNC(=O)c1cn2c(n1)NCCC2. The van der Waals surface area contributed by atoms with Gasteiger partial charge in [0, 0.05) is 32.4 Å². The zero-order valence-corrected chi connectivity index (χ0v) is 11.1. The third kappa shape index (κ3) is 3.01. The second kappa shape index (κ2) is 5.86. The Bertz CT molecular complexity index is 391. The molecule has 0 aromatic carbocycles. The predicted molar refractivity (Wildman–Crippen MR) is 70.8 cm³/mol. The van der Waals surface area contributed by atoms with Gasteiger partial charge >= 0.3 is 0 Å². The van der Waals surface area contributed by atoms with Gasteiger partial charge in [-0.15, -0.1) is 0 Å². The molecule has 0 fully saturated rings. The number of carbonyl (C=O) groups is 1. The fourth-order valence-corrected chi connectivity index (χ4v) is 1.90. The number of imidazole rings is 1. The molecule has 1 amide bonds. The maximum atomic E-state index is 11.9. The average molecular weight is 251 g/mol. The molecule has 0 atom stereocenters. The average Bonchev–Trinajstić information content (AvgIpc) is 2.82. The van der Waals surface area contributed by atoms with Crippen molar-refractivity contribution in [3.05, 3.63) is 11.9 Å². The van der Waals surface area contributed by atoms with Crippen LogP contribution in [0.2, 0.25) is 0 Å². The number of anilines is 1. The van der Waals surface area contributed by atoms with E-state index in [2.05, 4.69) is 27.4 Å². The number of aryl methyl sites for hydroxylation is 1. The van der Waals surface area contributed by atoms with E-state index in [-0.39, 0.29) is 5.91 Å². The van der Waals surface area contributed by atoms with Crippen LogP contribution in [0, 0.1) is 0 Å². The van der Waals surface area contributed by atoms with Crippen LogP contribution in [0.15, 0.2) is 6.20 Å². The van der Waals surface area contributed by atoms with E-state index in [1.165, 1.54) is 0 Å². The lowest BCUT2D eigenvalue weighted by Gasteiger charge is -2.14. The summed E-state index contributed by atoms with van der Waals surface area (Å²) in [6.45, 7) is 6.45. The molecule has 6 heteroatoms. The summed E-state index contributed by atoms with van der Waals surface area (Å²) in [7, 11) is 2.03. The third-order valence-electron chi connectivity index (χ3n) is 3.19. The molecule has 0 saturated heterocycles.